The number of nitrogens with zero attached hydrogens (tertiary/aromatic N) is 3. The number of methoxy groups -OCH3 is 2. The number of hydrogen-bond donors (Lipinski definition) is 1. The number of imidazole rings is 1. The van der Waals surface area contributed by atoms with E-state index < -0.39 is 0 Å². The van der Waals surface area contributed by atoms with Gasteiger partial charge in [0.1, 0.15) is 11.5 Å². The molecule has 1 amide bonds. The van der Waals surface area contributed by atoms with Crippen LogP contribution in [0.2, 0.25) is 0 Å². The SMILES string of the molecule is CCN(CC)C(=O)c1ccc(C2c3c(OC)ccc(OC)c3CCN2Cc2[nH]cnc2C)cc1. The Kier molecular flexibility index (Phi) is 7.22. The molecule has 1 aromatic heterocycles. The highest BCUT2D eigenvalue weighted by atomic mass is 16.5. The van der Waals surface area contributed by atoms with Gasteiger partial charge < -0.3 is 19.4 Å². The second-order valence-electron chi connectivity index (χ2n) is 8.55. The van der Waals surface area contributed by atoms with Crippen molar-refractivity contribution in [2.75, 3.05) is 33.9 Å². The van der Waals surface area contributed by atoms with Crippen LogP contribution in [0.25, 0.3) is 0 Å². The molecule has 0 saturated heterocycles. The van der Waals surface area contributed by atoms with Crippen LogP contribution in [0, 0.1) is 6.92 Å². The highest BCUT2D eigenvalue weighted by Gasteiger charge is 2.34. The van der Waals surface area contributed by atoms with E-state index in [4.69, 9.17) is 9.47 Å². The smallest absolute Gasteiger partial charge is 0.253 e. The minimum Gasteiger partial charge on any atom is -0.496 e. The zero-order chi connectivity index (χ0) is 24.2. The number of fused-ring (bicyclic) bond motifs is 1. The van der Waals surface area contributed by atoms with E-state index in [0.717, 1.165) is 53.5 Å². The average Bonchev–Trinajstić information content (AvgIpc) is 3.28. The van der Waals surface area contributed by atoms with Gasteiger partial charge in [0.2, 0.25) is 0 Å². The molecule has 7 nitrogen and oxygen atoms in total. The Morgan fingerprint density at radius 2 is 1.76 bits per heavy atom. The first-order valence-corrected chi connectivity index (χ1v) is 11.9. The standard InChI is InChI=1S/C27H34N4O3/c1-6-30(7-2)27(32)20-10-8-19(9-11-20)26-25-21(23(33-4)12-13-24(25)34-5)14-15-31(26)16-22-18(3)28-17-29-22/h8-13,17,26H,6-7,14-16H2,1-5H3,(H,28,29). The van der Waals surface area contributed by atoms with Gasteiger partial charge in [0.15, 0.2) is 0 Å². The molecule has 1 N–H and O–H groups in total. The first kappa shape index (κ1) is 23.8. The van der Waals surface area contributed by atoms with Crippen LogP contribution in [0.3, 0.4) is 0 Å². The summed E-state index contributed by atoms with van der Waals surface area (Å²) in [6.45, 7) is 9.02. The molecular formula is C27H34N4O3. The summed E-state index contributed by atoms with van der Waals surface area (Å²) in [5, 5.41) is 0. The van der Waals surface area contributed by atoms with Gasteiger partial charge in [0.25, 0.3) is 5.91 Å². The lowest BCUT2D eigenvalue weighted by Gasteiger charge is -2.39. The molecule has 34 heavy (non-hydrogen) atoms. The third kappa shape index (κ3) is 4.40. The van der Waals surface area contributed by atoms with Gasteiger partial charge in [-0.05, 0) is 57.0 Å². The first-order chi connectivity index (χ1) is 16.5. The normalized spacial score (nSPS) is 15.6. The molecule has 0 spiro atoms. The number of hydrogen-bond acceptors (Lipinski definition) is 5. The molecule has 3 aromatic rings. The van der Waals surface area contributed by atoms with Gasteiger partial charge in [-0.1, -0.05) is 12.1 Å². The van der Waals surface area contributed by atoms with Crippen LogP contribution in [0.5, 0.6) is 11.5 Å². The molecule has 180 valence electrons. The molecule has 1 atom stereocenters. The number of H-pyrrole nitrogens is 1. The van der Waals surface area contributed by atoms with E-state index in [1.165, 1.54) is 5.56 Å². The molecule has 1 aliphatic rings. The van der Waals surface area contributed by atoms with E-state index in [0.29, 0.717) is 18.7 Å². The molecule has 1 aliphatic heterocycles. The summed E-state index contributed by atoms with van der Waals surface area (Å²) in [6, 6.07) is 11.9. The molecule has 0 bridgehead atoms. The molecule has 0 radical (unpaired) electrons. The topological polar surface area (TPSA) is 70.7 Å². The Hall–Kier alpha value is -3.32. The molecule has 0 fully saturated rings. The van der Waals surface area contributed by atoms with Crippen molar-refractivity contribution in [3.63, 3.8) is 0 Å². The minimum atomic E-state index is -0.0471. The molecule has 2 aromatic carbocycles. The fourth-order valence-electron chi connectivity index (χ4n) is 4.92. The maximum Gasteiger partial charge on any atom is 0.253 e. The molecule has 2 heterocycles. The highest BCUT2D eigenvalue weighted by Crippen LogP contribution is 2.44. The van der Waals surface area contributed by atoms with E-state index in [-0.39, 0.29) is 11.9 Å². The van der Waals surface area contributed by atoms with Crippen molar-refractivity contribution in [3.05, 3.63) is 76.4 Å². The largest absolute Gasteiger partial charge is 0.496 e. The third-order valence-corrected chi connectivity index (χ3v) is 6.82. The number of rotatable bonds is 8. The molecule has 4 rings (SSSR count). The summed E-state index contributed by atoms with van der Waals surface area (Å²) >= 11 is 0. The number of amides is 1. The zero-order valence-electron chi connectivity index (χ0n) is 20.7. The summed E-state index contributed by atoms with van der Waals surface area (Å²) in [4.78, 5) is 24.8. The maximum absolute atomic E-state index is 12.9. The van der Waals surface area contributed by atoms with E-state index in [9.17, 15) is 4.79 Å². The van der Waals surface area contributed by atoms with Crippen LogP contribution < -0.4 is 9.47 Å². The Morgan fingerprint density at radius 1 is 1.09 bits per heavy atom. The number of carbonyl (C=O) groups is 1. The molecule has 0 saturated carbocycles. The Balaban J connectivity index is 1.79. The summed E-state index contributed by atoms with van der Waals surface area (Å²) in [7, 11) is 3.42. The zero-order valence-corrected chi connectivity index (χ0v) is 20.7. The van der Waals surface area contributed by atoms with Crippen LogP contribution in [-0.2, 0) is 13.0 Å². The number of nitrogens with one attached hydrogen (secondary N) is 1. The quantitative estimate of drug-likeness (QED) is 0.538. The fourth-order valence-corrected chi connectivity index (χ4v) is 4.92. The molecule has 7 heteroatoms. The number of ether oxygens (including phenoxy) is 2. The van der Waals surface area contributed by atoms with Crippen LogP contribution >= 0.6 is 0 Å². The van der Waals surface area contributed by atoms with Crippen molar-refractivity contribution in [2.45, 2.75) is 39.8 Å². The van der Waals surface area contributed by atoms with Gasteiger partial charge in [-0.3, -0.25) is 9.69 Å². The third-order valence-electron chi connectivity index (χ3n) is 6.82. The first-order valence-electron chi connectivity index (χ1n) is 11.9. The summed E-state index contributed by atoms with van der Waals surface area (Å²) in [5.41, 5.74) is 6.21. The van der Waals surface area contributed by atoms with Crippen LogP contribution in [0.1, 0.15) is 58.3 Å². The lowest BCUT2D eigenvalue weighted by molar-refractivity contribution is 0.0773. The Bertz CT molecular complexity index is 1140. The van der Waals surface area contributed by atoms with Crippen molar-refractivity contribution in [3.8, 4) is 11.5 Å². The number of carbonyl (C=O) groups excluding carboxylic acids is 1. The second kappa shape index (κ2) is 10.3. The van der Waals surface area contributed by atoms with E-state index in [2.05, 4.69) is 27.0 Å². The summed E-state index contributed by atoms with van der Waals surface area (Å²) < 4.78 is 11.5. The molecule has 1 unspecified atom stereocenters. The van der Waals surface area contributed by atoms with Crippen molar-refractivity contribution in [1.82, 2.24) is 19.8 Å². The van der Waals surface area contributed by atoms with Gasteiger partial charge in [-0.15, -0.1) is 0 Å². The van der Waals surface area contributed by atoms with E-state index in [1.807, 2.05) is 49.9 Å². The number of aryl methyl sites for hydroxylation is 1. The molecule has 0 aliphatic carbocycles. The van der Waals surface area contributed by atoms with E-state index in [1.54, 1.807) is 20.5 Å². The van der Waals surface area contributed by atoms with E-state index >= 15 is 0 Å². The van der Waals surface area contributed by atoms with Gasteiger partial charge in [0, 0.05) is 42.9 Å². The highest BCUT2D eigenvalue weighted by molar-refractivity contribution is 5.94. The summed E-state index contributed by atoms with van der Waals surface area (Å²) in [6.07, 6.45) is 2.60. The maximum atomic E-state index is 12.9. The van der Waals surface area contributed by atoms with Crippen molar-refractivity contribution < 1.29 is 14.3 Å². The van der Waals surface area contributed by atoms with Crippen molar-refractivity contribution in [1.29, 1.82) is 0 Å². The molecular weight excluding hydrogens is 428 g/mol. The van der Waals surface area contributed by atoms with Gasteiger partial charge in [-0.25, -0.2) is 4.98 Å². The predicted octanol–water partition coefficient (Wildman–Crippen LogP) is 4.37. The van der Waals surface area contributed by atoms with Crippen molar-refractivity contribution in [2.24, 2.45) is 0 Å². The van der Waals surface area contributed by atoms with Gasteiger partial charge in [0.05, 0.1) is 38.0 Å². The number of benzene rings is 2. The Morgan fingerprint density at radius 3 is 2.35 bits per heavy atom. The lowest BCUT2D eigenvalue weighted by Crippen LogP contribution is -2.36. The monoisotopic (exact) mass is 462 g/mol. The second-order valence-corrected chi connectivity index (χ2v) is 8.55. The van der Waals surface area contributed by atoms with Crippen LogP contribution in [-0.4, -0.2) is 59.5 Å². The summed E-state index contributed by atoms with van der Waals surface area (Å²) in [5.74, 6) is 1.78. The van der Waals surface area contributed by atoms with Gasteiger partial charge >= 0.3 is 0 Å². The van der Waals surface area contributed by atoms with Crippen molar-refractivity contribution >= 4 is 5.91 Å². The van der Waals surface area contributed by atoms with Crippen LogP contribution in [0.4, 0.5) is 0 Å². The predicted molar refractivity (Wildman–Crippen MR) is 133 cm³/mol. The van der Waals surface area contributed by atoms with Crippen LogP contribution in [0.15, 0.2) is 42.7 Å². The Labute approximate surface area is 201 Å². The fraction of sp³-hybridized carbons (Fsp3) is 0.407. The van der Waals surface area contributed by atoms with Gasteiger partial charge in [-0.2, -0.15) is 0 Å². The minimum absolute atomic E-state index is 0.0471. The number of aromatic nitrogens is 2. The lowest BCUT2D eigenvalue weighted by atomic mass is 9.86. The average molecular weight is 463 g/mol. The number of aromatic amines is 1.